The van der Waals surface area contributed by atoms with E-state index in [0.29, 0.717) is 6.04 Å². The van der Waals surface area contributed by atoms with E-state index in [2.05, 4.69) is 34.3 Å². The van der Waals surface area contributed by atoms with E-state index in [1.54, 1.807) is 0 Å². The summed E-state index contributed by atoms with van der Waals surface area (Å²) >= 11 is 0. The molecule has 3 rings (SSSR count). The predicted octanol–water partition coefficient (Wildman–Crippen LogP) is 2.21. The van der Waals surface area contributed by atoms with Gasteiger partial charge in [0.2, 0.25) is 0 Å². The van der Waals surface area contributed by atoms with E-state index in [1.807, 2.05) is 12.4 Å². The van der Waals surface area contributed by atoms with Gasteiger partial charge in [0, 0.05) is 50.4 Å². The van der Waals surface area contributed by atoms with Crippen LogP contribution in [0.25, 0.3) is 0 Å². The van der Waals surface area contributed by atoms with Gasteiger partial charge in [-0.15, -0.1) is 0 Å². The fourth-order valence-corrected chi connectivity index (χ4v) is 3.23. The molecule has 1 aromatic rings. The monoisotopic (exact) mass is 275 g/mol. The number of nitrogens with zero attached hydrogens (tertiary/aromatic N) is 2. The van der Waals surface area contributed by atoms with Crippen molar-refractivity contribution >= 4 is 5.69 Å². The first kappa shape index (κ1) is 13.8. The lowest BCUT2D eigenvalue weighted by atomic mass is 10.00. The van der Waals surface area contributed by atoms with Crippen molar-refractivity contribution < 1.29 is 4.74 Å². The van der Waals surface area contributed by atoms with Crippen LogP contribution < -0.4 is 10.2 Å². The molecule has 3 heterocycles. The second-order valence-corrected chi connectivity index (χ2v) is 6.25. The molecule has 1 N–H and O–H groups in total. The zero-order chi connectivity index (χ0) is 13.8. The topological polar surface area (TPSA) is 37.4 Å². The van der Waals surface area contributed by atoms with Crippen molar-refractivity contribution in [1.82, 2.24) is 10.3 Å². The summed E-state index contributed by atoms with van der Waals surface area (Å²) in [5.74, 6) is 0. The highest BCUT2D eigenvalue weighted by Gasteiger charge is 2.30. The van der Waals surface area contributed by atoms with Crippen LogP contribution in [0.5, 0.6) is 0 Å². The minimum Gasteiger partial charge on any atom is -0.374 e. The van der Waals surface area contributed by atoms with Crippen molar-refractivity contribution in [2.75, 3.05) is 31.1 Å². The van der Waals surface area contributed by atoms with Gasteiger partial charge in [-0.2, -0.15) is 0 Å². The highest BCUT2D eigenvalue weighted by molar-refractivity contribution is 5.44. The normalized spacial score (nSPS) is 27.9. The average Bonchev–Trinajstić information content (AvgIpc) is 2.94. The molecule has 0 spiro atoms. The number of nitrogens with one attached hydrogen (secondary N) is 1. The molecular formula is C16H25N3O. The summed E-state index contributed by atoms with van der Waals surface area (Å²) in [5.41, 5.74) is 1.37. The lowest BCUT2D eigenvalue weighted by Crippen LogP contribution is -2.47. The Labute approximate surface area is 121 Å². The molecule has 20 heavy (non-hydrogen) atoms. The van der Waals surface area contributed by atoms with E-state index in [9.17, 15) is 0 Å². The molecule has 2 saturated heterocycles. The zero-order valence-corrected chi connectivity index (χ0v) is 12.3. The molecule has 0 aliphatic carbocycles. The number of ether oxygens (including phenoxy) is 1. The Balaban J connectivity index is 1.44. The Morgan fingerprint density at radius 3 is 2.75 bits per heavy atom. The third-order valence-electron chi connectivity index (χ3n) is 4.59. The first-order chi connectivity index (χ1) is 9.75. The average molecular weight is 275 g/mol. The van der Waals surface area contributed by atoms with Crippen LogP contribution in [0.15, 0.2) is 24.5 Å². The molecular weight excluding hydrogens is 250 g/mol. The quantitative estimate of drug-likeness (QED) is 0.914. The first-order valence-electron chi connectivity index (χ1n) is 7.78. The van der Waals surface area contributed by atoms with E-state index >= 15 is 0 Å². The van der Waals surface area contributed by atoms with Crippen LogP contribution in [0.1, 0.15) is 32.6 Å². The number of anilines is 1. The Bertz CT molecular complexity index is 409. The Kier molecular flexibility index (Phi) is 4.22. The van der Waals surface area contributed by atoms with E-state index in [1.165, 1.54) is 31.4 Å². The predicted molar refractivity (Wildman–Crippen MR) is 81.1 cm³/mol. The summed E-state index contributed by atoms with van der Waals surface area (Å²) in [7, 11) is 0. The molecule has 2 aliphatic heterocycles. The molecule has 1 unspecified atom stereocenters. The molecule has 110 valence electrons. The van der Waals surface area contributed by atoms with Crippen LogP contribution in [-0.2, 0) is 4.74 Å². The van der Waals surface area contributed by atoms with Gasteiger partial charge in [0.15, 0.2) is 0 Å². The smallest absolute Gasteiger partial charge is 0.0779 e. The van der Waals surface area contributed by atoms with E-state index in [-0.39, 0.29) is 5.60 Å². The van der Waals surface area contributed by atoms with Gasteiger partial charge < -0.3 is 15.0 Å². The van der Waals surface area contributed by atoms with Crippen LogP contribution in [0, 0.1) is 0 Å². The van der Waals surface area contributed by atoms with Gasteiger partial charge in [-0.05, 0) is 44.7 Å². The minimum absolute atomic E-state index is 0.0717. The number of pyridine rings is 1. The number of piperidine rings is 1. The first-order valence-corrected chi connectivity index (χ1v) is 7.78. The van der Waals surface area contributed by atoms with E-state index in [0.717, 1.165) is 26.2 Å². The van der Waals surface area contributed by atoms with Crippen molar-refractivity contribution in [2.45, 2.75) is 44.2 Å². The molecule has 4 nitrogen and oxygen atoms in total. The third-order valence-corrected chi connectivity index (χ3v) is 4.59. The van der Waals surface area contributed by atoms with Gasteiger partial charge in [-0.3, -0.25) is 4.98 Å². The maximum Gasteiger partial charge on any atom is 0.0779 e. The SMILES string of the molecule is CC1(CNC2CCN(c3ccncc3)CC2)CCCO1. The van der Waals surface area contributed by atoms with Crippen molar-refractivity contribution in [1.29, 1.82) is 0 Å². The standard InChI is InChI=1S/C16H25N3O/c1-16(7-2-12-20-16)13-18-14-5-10-19(11-6-14)15-3-8-17-9-4-15/h3-4,8-9,14,18H,2,5-7,10-13H2,1H3. The van der Waals surface area contributed by atoms with Crippen molar-refractivity contribution in [2.24, 2.45) is 0 Å². The molecule has 2 aliphatic rings. The van der Waals surface area contributed by atoms with Gasteiger partial charge in [-0.1, -0.05) is 0 Å². The minimum atomic E-state index is 0.0717. The molecule has 0 amide bonds. The third kappa shape index (κ3) is 3.30. The van der Waals surface area contributed by atoms with E-state index < -0.39 is 0 Å². The van der Waals surface area contributed by atoms with Gasteiger partial charge in [0.05, 0.1) is 5.60 Å². The van der Waals surface area contributed by atoms with Gasteiger partial charge >= 0.3 is 0 Å². The molecule has 2 fully saturated rings. The van der Waals surface area contributed by atoms with Crippen molar-refractivity contribution in [3.63, 3.8) is 0 Å². The number of aromatic nitrogens is 1. The summed E-state index contributed by atoms with van der Waals surface area (Å²) in [4.78, 5) is 6.54. The summed E-state index contributed by atoms with van der Waals surface area (Å²) in [6.07, 6.45) is 8.56. The molecule has 4 heteroatoms. The summed E-state index contributed by atoms with van der Waals surface area (Å²) in [6, 6.07) is 4.83. The fourth-order valence-electron chi connectivity index (χ4n) is 3.23. The number of rotatable bonds is 4. The van der Waals surface area contributed by atoms with Crippen molar-refractivity contribution in [3.05, 3.63) is 24.5 Å². The lowest BCUT2D eigenvalue weighted by molar-refractivity contribution is 0.0181. The fraction of sp³-hybridized carbons (Fsp3) is 0.688. The summed E-state index contributed by atoms with van der Waals surface area (Å²) in [6.45, 7) is 6.41. The van der Waals surface area contributed by atoms with Crippen LogP contribution in [0.2, 0.25) is 0 Å². The van der Waals surface area contributed by atoms with Gasteiger partial charge in [0.25, 0.3) is 0 Å². The molecule has 1 aromatic heterocycles. The highest BCUT2D eigenvalue weighted by atomic mass is 16.5. The van der Waals surface area contributed by atoms with Crippen LogP contribution >= 0.6 is 0 Å². The molecule has 0 aromatic carbocycles. The largest absolute Gasteiger partial charge is 0.374 e. The summed E-state index contributed by atoms with van der Waals surface area (Å²) < 4.78 is 5.84. The summed E-state index contributed by atoms with van der Waals surface area (Å²) in [5, 5.41) is 3.71. The van der Waals surface area contributed by atoms with Crippen molar-refractivity contribution in [3.8, 4) is 0 Å². The lowest BCUT2D eigenvalue weighted by Gasteiger charge is -2.35. The maximum atomic E-state index is 5.84. The second-order valence-electron chi connectivity index (χ2n) is 6.25. The Morgan fingerprint density at radius 1 is 1.35 bits per heavy atom. The van der Waals surface area contributed by atoms with Crippen LogP contribution in [0.3, 0.4) is 0 Å². The van der Waals surface area contributed by atoms with Gasteiger partial charge in [-0.25, -0.2) is 0 Å². The highest BCUT2D eigenvalue weighted by Crippen LogP contribution is 2.25. The van der Waals surface area contributed by atoms with Crippen LogP contribution in [-0.4, -0.2) is 42.9 Å². The maximum absolute atomic E-state index is 5.84. The zero-order valence-electron chi connectivity index (χ0n) is 12.3. The van der Waals surface area contributed by atoms with E-state index in [4.69, 9.17) is 4.74 Å². The molecule has 1 atom stereocenters. The second kappa shape index (κ2) is 6.10. The Morgan fingerprint density at radius 2 is 2.10 bits per heavy atom. The molecule has 0 radical (unpaired) electrons. The molecule has 0 bridgehead atoms. The number of hydrogen-bond donors (Lipinski definition) is 1. The Hall–Kier alpha value is -1.13. The molecule has 0 saturated carbocycles. The van der Waals surface area contributed by atoms with Gasteiger partial charge in [0.1, 0.15) is 0 Å². The van der Waals surface area contributed by atoms with Crippen LogP contribution in [0.4, 0.5) is 5.69 Å². The number of hydrogen-bond acceptors (Lipinski definition) is 4.